The summed E-state index contributed by atoms with van der Waals surface area (Å²) in [6.07, 6.45) is 2.12. The molecule has 1 amide bonds. The minimum Gasteiger partial charge on any atom is -0.466 e. The van der Waals surface area contributed by atoms with E-state index >= 15 is 0 Å². The van der Waals surface area contributed by atoms with Gasteiger partial charge in [0.25, 0.3) is 0 Å². The molecule has 0 bridgehead atoms. The molecule has 1 N–H and O–H groups in total. The zero-order chi connectivity index (χ0) is 12.6. The lowest BCUT2D eigenvalue weighted by molar-refractivity contribution is -0.149. The van der Waals surface area contributed by atoms with Gasteiger partial charge in [0, 0.05) is 6.54 Å². The Morgan fingerprint density at radius 2 is 1.88 bits per heavy atom. The summed E-state index contributed by atoms with van der Waals surface area (Å²) in [5.41, 5.74) is -0.694. The maximum Gasteiger partial charge on any atom is 0.306 e. The van der Waals surface area contributed by atoms with Gasteiger partial charge in [0.15, 0.2) is 0 Å². The molecule has 0 aromatic heterocycles. The number of rotatable bonds is 7. The molecule has 0 heterocycles. The first-order chi connectivity index (χ1) is 7.44. The second-order valence-corrected chi connectivity index (χ2v) is 4.48. The summed E-state index contributed by atoms with van der Waals surface area (Å²) in [7, 11) is 0. The quantitative estimate of drug-likeness (QED) is 0.535. The van der Waals surface area contributed by atoms with Crippen molar-refractivity contribution >= 4 is 11.9 Å². The SMILES string of the molecule is CCCCNC(=O)C(C)(C)CC(=O)OCC. The van der Waals surface area contributed by atoms with E-state index in [0.717, 1.165) is 12.8 Å². The van der Waals surface area contributed by atoms with Gasteiger partial charge in [0.05, 0.1) is 18.4 Å². The standard InChI is InChI=1S/C12H23NO3/c1-5-7-8-13-11(15)12(3,4)9-10(14)16-6-2/h5-9H2,1-4H3,(H,13,15). The molecule has 0 fully saturated rings. The summed E-state index contributed by atoms with van der Waals surface area (Å²) in [6, 6.07) is 0. The zero-order valence-corrected chi connectivity index (χ0v) is 10.8. The molecular formula is C12H23NO3. The van der Waals surface area contributed by atoms with Crippen LogP contribution >= 0.6 is 0 Å². The first kappa shape index (κ1) is 14.9. The van der Waals surface area contributed by atoms with E-state index in [1.165, 1.54) is 0 Å². The van der Waals surface area contributed by atoms with Crippen molar-refractivity contribution < 1.29 is 14.3 Å². The van der Waals surface area contributed by atoms with Crippen LogP contribution in [0.25, 0.3) is 0 Å². The molecular weight excluding hydrogens is 206 g/mol. The molecule has 0 aliphatic heterocycles. The fourth-order valence-electron chi connectivity index (χ4n) is 1.27. The molecule has 16 heavy (non-hydrogen) atoms. The lowest BCUT2D eigenvalue weighted by Crippen LogP contribution is -2.39. The number of hydrogen-bond acceptors (Lipinski definition) is 3. The Balaban J connectivity index is 4.09. The Morgan fingerprint density at radius 1 is 1.25 bits per heavy atom. The minimum absolute atomic E-state index is 0.0889. The van der Waals surface area contributed by atoms with E-state index in [1.54, 1.807) is 20.8 Å². The van der Waals surface area contributed by atoms with Gasteiger partial charge >= 0.3 is 5.97 Å². The third-order valence-electron chi connectivity index (χ3n) is 2.32. The van der Waals surface area contributed by atoms with Crippen LogP contribution in [0.3, 0.4) is 0 Å². The summed E-state index contributed by atoms with van der Waals surface area (Å²) < 4.78 is 4.83. The highest BCUT2D eigenvalue weighted by molar-refractivity contribution is 5.86. The molecule has 94 valence electrons. The fourth-order valence-corrected chi connectivity index (χ4v) is 1.27. The van der Waals surface area contributed by atoms with E-state index < -0.39 is 5.41 Å². The van der Waals surface area contributed by atoms with E-state index in [0.29, 0.717) is 13.2 Å². The smallest absolute Gasteiger partial charge is 0.306 e. The Morgan fingerprint density at radius 3 is 2.38 bits per heavy atom. The predicted molar refractivity (Wildman–Crippen MR) is 62.9 cm³/mol. The van der Waals surface area contributed by atoms with Crippen LogP contribution in [0.5, 0.6) is 0 Å². The van der Waals surface area contributed by atoms with Gasteiger partial charge in [-0.15, -0.1) is 0 Å². The van der Waals surface area contributed by atoms with Crippen molar-refractivity contribution in [1.82, 2.24) is 5.32 Å². The molecule has 0 atom stereocenters. The van der Waals surface area contributed by atoms with Crippen LogP contribution in [0.2, 0.25) is 0 Å². The van der Waals surface area contributed by atoms with Crippen molar-refractivity contribution in [3.63, 3.8) is 0 Å². The van der Waals surface area contributed by atoms with Crippen LogP contribution in [0.15, 0.2) is 0 Å². The molecule has 4 nitrogen and oxygen atoms in total. The van der Waals surface area contributed by atoms with Crippen molar-refractivity contribution in [2.75, 3.05) is 13.2 Å². The summed E-state index contributed by atoms with van der Waals surface area (Å²) in [6.45, 7) is 8.35. The maximum absolute atomic E-state index is 11.8. The van der Waals surface area contributed by atoms with Crippen LogP contribution in [0.4, 0.5) is 0 Å². The number of ether oxygens (including phenoxy) is 1. The number of esters is 1. The molecule has 0 aliphatic carbocycles. The highest BCUT2D eigenvalue weighted by atomic mass is 16.5. The topological polar surface area (TPSA) is 55.4 Å². The highest BCUT2D eigenvalue weighted by Gasteiger charge is 2.30. The number of unbranched alkanes of at least 4 members (excludes halogenated alkanes) is 1. The second kappa shape index (κ2) is 7.25. The van der Waals surface area contributed by atoms with Crippen molar-refractivity contribution in [1.29, 1.82) is 0 Å². The van der Waals surface area contributed by atoms with Crippen LogP contribution in [-0.4, -0.2) is 25.0 Å². The molecule has 0 rings (SSSR count). The fraction of sp³-hybridized carbons (Fsp3) is 0.833. The van der Waals surface area contributed by atoms with Gasteiger partial charge in [-0.1, -0.05) is 27.2 Å². The number of hydrogen-bond donors (Lipinski definition) is 1. The van der Waals surface area contributed by atoms with Crippen LogP contribution in [0.1, 0.15) is 47.0 Å². The monoisotopic (exact) mass is 229 g/mol. The molecule has 0 aliphatic rings. The molecule has 0 radical (unpaired) electrons. The highest BCUT2D eigenvalue weighted by Crippen LogP contribution is 2.21. The van der Waals surface area contributed by atoms with Gasteiger partial charge in [-0.3, -0.25) is 9.59 Å². The molecule has 0 aromatic rings. The van der Waals surface area contributed by atoms with Gasteiger partial charge in [0.1, 0.15) is 0 Å². The number of nitrogens with one attached hydrogen (secondary N) is 1. The Kier molecular flexibility index (Phi) is 6.77. The summed E-state index contributed by atoms with van der Waals surface area (Å²) >= 11 is 0. The lowest BCUT2D eigenvalue weighted by atomic mass is 9.88. The molecule has 0 unspecified atom stereocenters. The Hall–Kier alpha value is -1.06. The predicted octanol–water partition coefficient (Wildman–Crippen LogP) is 1.88. The largest absolute Gasteiger partial charge is 0.466 e. The van der Waals surface area contributed by atoms with E-state index in [4.69, 9.17) is 4.74 Å². The molecule has 0 spiro atoms. The van der Waals surface area contributed by atoms with Crippen molar-refractivity contribution in [3.8, 4) is 0 Å². The van der Waals surface area contributed by atoms with Gasteiger partial charge in [-0.2, -0.15) is 0 Å². The van der Waals surface area contributed by atoms with Gasteiger partial charge < -0.3 is 10.1 Å². The first-order valence-electron chi connectivity index (χ1n) is 5.88. The average molecular weight is 229 g/mol. The van der Waals surface area contributed by atoms with E-state index in [9.17, 15) is 9.59 Å². The third-order valence-corrected chi connectivity index (χ3v) is 2.32. The van der Waals surface area contributed by atoms with Crippen molar-refractivity contribution in [3.05, 3.63) is 0 Å². The van der Waals surface area contributed by atoms with Gasteiger partial charge in [-0.05, 0) is 13.3 Å². The van der Waals surface area contributed by atoms with E-state index in [-0.39, 0.29) is 18.3 Å². The van der Waals surface area contributed by atoms with Crippen LogP contribution in [0, 0.1) is 5.41 Å². The van der Waals surface area contributed by atoms with Gasteiger partial charge in [0.2, 0.25) is 5.91 Å². The lowest BCUT2D eigenvalue weighted by Gasteiger charge is -2.22. The molecule has 0 saturated carbocycles. The normalized spacial score (nSPS) is 11.0. The number of carbonyl (C=O) groups excluding carboxylic acids is 2. The van der Waals surface area contributed by atoms with Crippen LogP contribution < -0.4 is 5.32 Å². The number of amides is 1. The summed E-state index contributed by atoms with van der Waals surface area (Å²) in [5.74, 6) is -0.410. The average Bonchev–Trinajstić information content (AvgIpc) is 2.17. The summed E-state index contributed by atoms with van der Waals surface area (Å²) in [4.78, 5) is 23.1. The van der Waals surface area contributed by atoms with E-state index in [1.807, 2.05) is 0 Å². The van der Waals surface area contributed by atoms with Crippen LogP contribution in [-0.2, 0) is 14.3 Å². The van der Waals surface area contributed by atoms with Crippen molar-refractivity contribution in [2.24, 2.45) is 5.41 Å². The first-order valence-corrected chi connectivity index (χ1v) is 5.88. The summed E-state index contributed by atoms with van der Waals surface area (Å²) in [5, 5.41) is 2.82. The maximum atomic E-state index is 11.8. The van der Waals surface area contributed by atoms with Gasteiger partial charge in [-0.25, -0.2) is 0 Å². The molecule has 4 heteroatoms. The Labute approximate surface area is 97.7 Å². The minimum atomic E-state index is -0.694. The van der Waals surface area contributed by atoms with E-state index in [2.05, 4.69) is 12.2 Å². The number of carbonyl (C=O) groups is 2. The molecule has 0 aromatic carbocycles. The van der Waals surface area contributed by atoms with Crippen molar-refractivity contribution in [2.45, 2.75) is 47.0 Å². The third kappa shape index (κ3) is 5.73. The Bertz CT molecular complexity index is 236. The zero-order valence-electron chi connectivity index (χ0n) is 10.8. The molecule has 0 saturated heterocycles. The second-order valence-electron chi connectivity index (χ2n) is 4.48.